The van der Waals surface area contributed by atoms with E-state index in [-0.39, 0.29) is 0 Å². The standard InChI is InChI=1S/C11H7F2N3S/c12-7-3-9-10(4-8(7)13)17-11(16-9)15-6-1-2-14-5-6/h1-5,14H,(H,15,16). The third kappa shape index (κ3) is 1.87. The van der Waals surface area contributed by atoms with Gasteiger partial charge in [0.15, 0.2) is 16.8 Å². The van der Waals surface area contributed by atoms with E-state index in [1.165, 1.54) is 11.3 Å². The molecule has 0 aliphatic rings. The molecule has 0 atom stereocenters. The van der Waals surface area contributed by atoms with E-state index < -0.39 is 11.6 Å². The molecule has 0 aliphatic carbocycles. The first-order chi connectivity index (χ1) is 8.22. The molecule has 86 valence electrons. The molecule has 3 aromatic rings. The van der Waals surface area contributed by atoms with Crippen molar-refractivity contribution in [3.63, 3.8) is 0 Å². The molecule has 0 saturated carbocycles. The Hall–Kier alpha value is -1.95. The van der Waals surface area contributed by atoms with Gasteiger partial charge < -0.3 is 10.3 Å². The first kappa shape index (κ1) is 10.2. The van der Waals surface area contributed by atoms with Crippen LogP contribution >= 0.6 is 11.3 Å². The van der Waals surface area contributed by atoms with Crippen molar-refractivity contribution < 1.29 is 8.78 Å². The van der Waals surface area contributed by atoms with Crippen LogP contribution in [0.25, 0.3) is 10.2 Å². The molecule has 2 aromatic heterocycles. The second kappa shape index (κ2) is 3.81. The Kier molecular flexibility index (Phi) is 2.29. The topological polar surface area (TPSA) is 40.7 Å². The first-order valence-electron chi connectivity index (χ1n) is 4.88. The van der Waals surface area contributed by atoms with Gasteiger partial charge in [0.05, 0.1) is 15.9 Å². The number of anilines is 2. The minimum absolute atomic E-state index is 0.451. The molecule has 0 radical (unpaired) electrons. The summed E-state index contributed by atoms with van der Waals surface area (Å²) in [5, 5.41) is 3.65. The Morgan fingerprint density at radius 2 is 2.06 bits per heavy atom. The van der Waals surface area contributed by atoms with E-state index in [2.05, 4.69) is 15.3 Å². The fourth-order valence-corrected chi connectivity index (χ4v) is 2.39. The number of aromatic amines is 1. The molecule has 17 heavy (non-hydrogen) atoms. The van der Waals surface area contributed by atoms with Crippen LogP contribution in [0.15, 0.2) is 30.6 Å². The molecule has 0 unspecified atom stereocenters. The molecule has 2 N–H and O–H groups in total. The summed E-state index contributed by atoms with van der Waals surface area (Å²) < 4.78 is 26.6. The van der Waals surface area contributed by atoms with Crippen LogP contribution < -0.4 is 5.32 Å². The van der Waals surface area contributed by atoms with E-state index in [1.807, 2.05) is 6.07 Å². The first-order valence-corrected chi connectivity index (χ1v) is 5.69. The predicted molar refractivity (Wildman–Crippen MR) is 63.6 cm³/mol. The second-order valence-electron chi connectivity index (χ2n) is 3.48. The number of H-pyrrole nitrogens is 1. The van der Waals surface area contributed by atoms with Gasteiger partial charge in [-0.15, -0.1) is 0 Å². The van der Waals surface area contributed by atoms with Crippen molar-refractivity contribution in [1.82, 2.24) is 9.97 Å². The van der Waals surface area contributed by atoms with Crippen molar-refractivity contribution in [3.05, 3.63) is 42.2 Å². The minimum Gasteiger partial charge on any atom is -0.366 e. The molecule has 0 bridgehead atoms. The molecular weight excluding hydrogens is 244 g/mol. The Bertz CT molecular complexity index is 622. The van der Waals surface area contributed by atoms with Crippen molar-refractivity contribution in [1.29, 1.82) is 0 Å². The molecule has 6 heteroatoms. The summed E-state index contributed by atoms with van der Waals surface area (Å²) in [5.41, 5.74) is 1.30. The van der Waals surface area contributed by atoms with E-state index in [0.717, 1.165) is 17.8 Å². The largest absolute Gasteiger partial charge is 0.366 e. The summed E-state index contributed by atoms with van der Waals surface area (Å²) in [6.45, 7) is 0. The van der Waals surface area contributed by atoms with Gasteiger partial charge in [-0.3, -0.25) is 0 Å². The number of hydrogen-bond acceptors (Lipinski definition) is 3. The van der Waals surface area contributed by atoms with Gasteiger partial charge in [-0.1, -0.05) is 11.3 Å². The Balaban J connectivity index is 2.02. The van der Waals surface area contributed by atoms with Crippen LogP contribution in [0.1, 0.15) is 0 Å². The highest BCUT2D eigenvalue weighted by atomic mass is 32.1. The van der Waals surface area contributed by atoms with Crippen LogP contribution in [-0.4, -0.2) is 9.97 Å². The van der Waals surface area contributed by atoms with E-state index in [9.17, 15) is 8.78 Å². The highest BCUT2D eigenvalue weighted by molar-refractivity contribution is 7.22. The third-order valence-electron chi connectivity index (χ3n) is 2.28. The average molecular weight is 251 g/mol. The van der Waals surface area contributed by atoms with Crippen LogP contribution in [-0.2, 0) is 0 Å². The zero-order valence-electron chi connectivity index (χ0n) is 8.50. The van der Waals surface area contributed by atoms with Crippen molar-refractivity contribution >= 4 is 32.4 Å². The maximum absolute atomic E-state index is 13.0. The lowest BCUT2D eigenvalue weighted by molar-refractivity contribution is 0.511. The van der Waals surface area contributed by atoms with Crippen LogP contribution in [0.2, 0.25) is 0 Å². The Labute approximate surface area is 99.1 Å². The number of aromatic nitrogens is 2. The number of nitrogens with one attached hydrogen (secondary N) is 2. The lowest BCUT2D eigenvalue weighted by atomic mass is 10.3. The minimum atomic E-state index is -0.879. The number of hydrogen-bond donors (Lipinski definition) is 2. The van der Waals surface area contributed by atoms with Gasteiger partial charge in [0.1, 0.15) is 0 Å². The monoisotopic (exact) mass is 251 g/mol. The third-order valence-corrected chi connectivity index (χ3v) is 3.21. The van der Waals surface area contributed by atoms with Gasteiger partial charge in [0.25, 0.3) is 0 Å². The fourth-order valence-electron chi connectivity index (χ4n) is 1.50. The van der Waals surface area contributed by atoms with Gasteiger partial charge in [-0.2, -0.15) is 0 Å². The van der Waals surface area contributed by atoms with E-state index in [1.54, 1.807) is 12.4 Å². The highest BCUT2D eigenvalue weighted by Crippen LogP contribution is 2.29. The maximum atomic E-state index is 13.0. The molecular formula is C11H7F2N3S. The molecule has 3 rings (SSSR count). The summed E-state index contributed by atoms with van der Waals surface area (Å²) >= 11 is 1.28. The molecule has 3 nitrogen and oxygen atoms in total. The zero-order chi connectivity index (χ0) is 11.8. The van der Waals surface area contributed by atoms with Crippen LogP contribution in [0.5, 0.6) is 0 Å². The molecule has 1 aromatic carbocycles. The Morgan fingerprint density at radius 3 is 2.82 bits per heavy atom. The summed E-state index contributed by atoms with van der Waals surface area (Å²) in [5.74, 6) is -1.73. The summed E-state index contributed by atoms with van der Waals surface area (Å²) in [4.78, 5) is 7.07. The van der Waals surface area contributed by atoms with Crippen LogP contribution in [0.4, 0.5) is 19.6 Å². The number of rotatable bonds is 2. The van der Waals surface area contributed by atoms with Gasteiger partial charge in [0, 0.05) is 18.5 Å². The van der Waals surface area contributed by atoms with E-state index >= 15 is 0 Å². The molecule has 0 fully saturated rings. The van der Waals surface area contributed by atoms with Gasteiger partial charge in [-0.05, 0) is 12.1 Å². The van der Waals surface area contributed by atoms with E-state index in [4.69, 9.17) is 0 Å². The number of benzene rings is 1. The van der Waals surface area contributed by atoms with Crippen molar-refractivity contribution in [2.24, 2.45) is 0 Å². The number of thiazole rings is 1. The van der Waals surface area contributed by atoms with Crippen LogP contribution in [0.3, 0.4) is 0 Å². The SMILES string of the molecule is Fc1cc2nc(Nc3cc[nH]c3)sc2cc1F. The van der Waals surface area contributed by atoms with Gasteiger partial charge in [0.2, 0.25) is 0 Å². The smallest absolute Gasteiger partial charge is 0.188 e. The maximum Gasteiger partial charge on any atom is 0.188 e. The van der Waals surface area contributed by atoms with Crippen molar-refractivity contribution in [2.45, 2.75) is 0 Å². The summed E-state index contributed by atoms with van der Waals surface area (Å²) in [6, 6.07) is 4.10. The quantitative estimate of drug-likeness (QED) is 0.730. The lowest BCUT2D eigenvalue weighted by Gasteiger charge is -1.95. The molecule has 2 heterocycles. The second-order valence-corrected chi connectivity index (χ2v) is 4.51. The molecule has 0 amide bonds. The molecule has 0 spiro atoms. The molecule has 0 saturated heterocycles. The number of halogens is 2. The fraction of sp³-hybridized carbons (Fsp3) is 0. The highest BCUT2D eigenvalue weighted by Gasteiger charge is 2.09. The molecule has 0 aliphatic heterocycles. The normalized spacial score (nSPS) is 10.9. The number of nitrogens with zero attached hydrogens (tertiary/aromatic N) is 1. The van der Waals surface area contributed by atoms with Crippen LogP contribution in [0, 0.1) is 11.6 Å². The van der Waals surface area contributed by atoms with Crippen molar-refractivity contribution in [2.75, 3.05) is 5.32 Å². The lowest BCUT2D eigenvalue weighted by Crippen LogP contribution is -1.86. The predicted octanol–water partition coefficient (Wildman–Crippen LogP) is 3.65. The average Bonchev–Trinajstić information content (AvgIpc) is 2.89. The van der Waals surface area contributed by atoms with Crippen molar-refractivity contribution in [3.8, 4) is 0 Å². The van der Waals surface area contributed by atoms with E-state index in [0.29, 0.717) is 15.3 Å². The van der Waals surface area contributed by atoms with Gasteiger partial charge >= 0.3 is 0 Å². The Morgan fingerprint density at radius 1 is 1.24 bits per heavy atom. The number of fused-ring (bicyclic) bond motifs is 1. The zero-order valence-corrected chi connectivity index (χ0v) is 9.31. The summed E-state index contributed by atoms with van der Waals surface area (Å²) in [7, 11) is 0. The van der Waals surface area contributed by atoms with Gasteiger partial charge in [-0.25, -0.2) is 13.8 Å². The summed E-state index contributed by atoms with van der Waals surface area (Å²) in [6.07, 6.45) is 3.54.